The zero-order chi connectivity index (χ0) is 30.3. The minimum Gasteiger partial charge on any atom is -0.480 e. The fourth-order valence-corrected chi connectivity index (χ4v) is 8.68. The highest BCUT2D eigenvalue weighted by molar-refractivity contribution is 7.89. The number of benzene rings is 1. The van der Waals surface area contributed by atoms with Gasteiger partial charge >= 0.3 is 18.0 Å². The first-order valence-corrected chi connectivity index (χ1v) is 18.8. The van der Waals surface area contributed by atoms with Crippen LogP contribution in [0.2, 0.25) is 19.1 Å². The van der Waals surface area contributed by atoms with Gasteiger partial charge in [0.1, 0.15) is 6.04 Å². The molecule has 226 valence electrons. The summed E-state index contributed by atoms with van der Waals surface area (Å²) in [7, 11) is -4.66. The molecule has 12 nitrogen and oxygen atoms in total. The van der Waals surface area contributed by atoms with Gasteiger partial charge < -0.3 is 25.5 Å². The van der Waals surface area contributed by atoms with E-state index in [0.717, 1.165) is 15.3 Å². The molecule has 0 radical (unpaired) electrons. The molecule has 42 heavy (non-hydrogen) atoms. The van der Waals surface area contributed by atoms with Crippen molar-refractivity contribution in [2.75, 3.05) is 24.2 Å². The van der Waals surface area contributed by atoms with Crippen molar-refractivity contribution in [3.05, 3.63) is 72.1 Å². The fourth-order valence-electron chi connectivity index (χ4n) is 4.96. The van der Waals surface area contributed by atoms with Gasteiger partial charge in [-0.3, -0.25) is 0 Å². The first kappa shape index (κ1) is 31.0. The topological polar surface area (TPSA) is 154 Å². The van der Waals surface area contributed by atoms with Gasteiger partial charge in [0.05, 0.1) is 5.75 Å². The number of carbonyl (C=O) groups excluding carboxylic acids is 2. The van der Waals surface area contributed by atoms with Crippen LogP contribution in [0.4, 0.5) is 15.3 Å². The van der Waals surface area contributed by atoms with Gasteiger partial charge in [-0.05, 0) is 48.2 Å². The molecular weight excluding hydrogens is 576 g/mol. The van der Waals surface area contributed by atoms with Crippen molar-refractivity contribution in [1.82, 2.24) is 24.3 Å². The number of hydrogen-bond acceptors (Lipinski definition) is 6. The summed E-state index contributed by atoms with van der Waals surface area (Å²) in [6.45, 7) is 5.45. The summed E-state index contributed by atoms with van der Waals surface area (Å²) >= 11 is 0. The molecule has 1 aromatic carbocycles. The molecule has 0 aliphatic carbocycles. The second-order valence-corrected chi connectivity index (χ2v) is 16.3. The maximum absolute atomic E-state index is 13.0. The lowest BCUT2D eigenvalue weighted by Crippen LogP contribution is -2.54. The normalized spacial score (nSPS) is 16.3. The number of aromatic nitrogens is 2. The van der Waals surface area contributed by atoms with E-state index in [-0.39, 0.29) is 24.2 Å². The molecule has 2 aliphatic heterocycles. The van der Waals surface area contributed by atoms with Gasteiger partial charge in [-0.2, -0.15) is 9.19 Å². The highest BCUT2D eigenvalue weighted by Gasteiger charge is 2.33. The number of anilines is 1. The second kappa shape index (κ2) is 13.8. The largest absolute Gasteiger partial charge is 0.480 e. The summed E-state index contributed by atoms with van der Waals surface area (Å²) < 4.78 is 26.2. The van der Waals surface area contributed by atoms with Gasteiger partial charge in [0.15, 0.2) is 0 Å². The zero-order valence-electron chi connectivity index (χ0n) is 23.8. The number of hydrogen-bond donors (Lipinski definition) is 3. The Labute approximate surface area is 247 Å². The van der Waals surface area contributed by atoms with E-state index in [0.29, 0.717) is 44.1 Å². The van der Waals surface area contributed by atoms with Gasteiger partial charge in [-0.15, -0.1) is 0 Å². The van der Waals surface area contributed by atoms with Crippen molar-refractivity contribution in [2.45, 2.75) is 57.0 Å². The number of nitrogens with zero attached hydrogens (tertiary/aromatic N) is 4. The van der Waals surface area contributed by atoms with Crippen molar-refractivity contribution in [3.63, 3.8) is 0 Å². The molecule has 14 heteroatoms. The average Bonchev–Trinajstić information content (AvgIpc) is 3.08. The Morgan fingerprint density at radius 2 is 1.83 bits per heavy atom. The first-order chi connectivity index (χ1) is 20.0. The van der Waals surface area contributed by atoms with E-state index in [2.05, 4.69) is 28.8 Å². The molecule has 1 saturated heterocycles. The molecule has 0 bridgehead atoms. The summed E-state index contributed by atoms with van der Waals surface area (Å²) in [4.78, 5) is 41.1. The predicted octanol–water partition coefficient (Wildman–Crippen LogP) is 2.89. The van der Waals surface area contributed by atoms with Crippen LogP contribution >= 0.6 is 0 Å². The van der Waals surface area contributed by atoms with Gasteiger partial charge in [-0.1, -0.05) is 43.4 Å². The summed E-state index contributed by atoms with van der Waals surface area (Å²) in [6.07, 6.45) is 3.83. The first-order valence-electron chi connectivity index (χ1n) is 14.1. The number of aliphatic carboxylic acids is 1. The molecule has 1 unspecified atom stereocenters. The smallest absolute Gasteiger partial charge is 0.326 e. The number of rotatable bonds is 9. The molecule has 1 aromatic heterocycles. The number of para-hydroxylation sites is 1. The zero-order valence-corrected chi connectivity index (χ0v) is 25.8. The lowest BCUT2D eigenvalue weighted by atomic mass is 10.0. The summed E-state index contributed by atoms with van der Waals surface area (Å²) in [5, 5.41) is 19.4. The van der Waals surface area contributed by atoms with Crippen LogP contribution in [0.1, 0.15) is 24.0 Å². The number of carboxylic acid groups (broad SMARTS) is 1. The van der Waals surface area contributed by atoms with Crippen molar-refractivity contribution < 1.29 is 27.9 Å². The highest BCUT2D eigenvalue weighted by Crippen LogP contribution is 2.27. The van der Waals surface area contributed by atoms with Crippen molar-refractivity contribution in [3.8, 4) is 0 Å². The minimum absolute atomic E-state index is 0.00866. The molecule has 1 fully saturated rings. The number of carbonyl (C=O) groups is 3. The number of nitrogens with one attached hydrogen (secondary N) is 2. The van der Waals surface area contributed by atoms with Gasteiger partial charge in [0.2, 0.25) is 0 Å². The van der Waals surface area contributed by atoms with Crippen LogP contribution in [0.25, 0.3) is 0 Å². The third-order valence-electron chi connectivity index (χ3n) is 7.43. The van der Waals surface area contributed by atoms with Crippen molar-refractivity contribution >= 4 is 42.5 Å². The van der Waals surface area contributed by atoms with Crippen LogP contribution in [-0.4, -0.2) is 90.3 Å². The Morgan fingerprint density at radius 3 is 2.55 bits per heavy atom. The lowest BCUT2D eigenvalue weighted by molar-refractivity contribution is -0.139. The molecule has 2 aliphatic rings. The molecule has 4 amide bonds. The number of fused-ring (bicyclic) bond motifs is 1. The standard InChI is InChI=1S/C28H38N6O6SSi/c1-42(2)18-17-41(39,40)34-14-6-8-21(7-5-13-29-34)19-25(26(35)36)31-27(37)32-15-11-23(12-16-32)33-20-22-9-3-4-10-24(22)30-28(33)38/h3-10,13-14,23,25,42H,11-12,15-20H2,1-2H3,(H,30,38)(H,31,37)(H,35,36). The Hall–Kier alpha value is -3.91. The van der Waals surface area contributed by atoms with E-state index in [1.807, 2.05) is 24.3 Å². The van der Waals surface area contributed by atoms with E-state index in [9.17, 15) is 27.9 Å². The maximum atomic E-state index is 13.0. The van der Waals surface area contributed by atoms with Gasteiger partial charge in [-0.25, -0.2) is 22.8 Å². The number of amides is 4. The molecule has 1 atom stereocenters. The number of likely N-dealkylation sites (tertiary alicyclic amines) is 1. The van der Waals surface area contributed by atoms with Crippen molar-refractivity contribution in [1.29, 1.82) is 0 Å². The van der Waals surface area contributed by atoms with E-state index in [4.69, 9.17) is 0 Å². The number of piperidine rings is 1. The SMILES string of the molecule is C[SiH](C)CCS(=O)(=O)n1cccc(CC(NC(=O)N2CCC(N3Cc4ccccc4NC3=O)CC2)C(=O)O)cccn1. The molecule has 0 spiro atoms. The van der Waals surface area contributed by atoms with Crippen LogP contribution in [0, 0.1) is 0 Å². The molecule has 3 heterocycles. The Morgan fingerprint density at radius 1 is 1.12 bits per heavy atom. The minimum atomic E-state index is -3.61. The molecule has 2 aromatic rings. The Bertz CT molecular complexity index is 1460. The fraction of sp³-hybridized carbons (Fsp3) is 0.429. The molecule has 3 N–H and O–H groups in total. The molecule has 0 saturated carbocycles. The lowest BCUT2D eigenvalue weighted by Gasteiger charge is -2.40. The highest BCUT2D eigenvalue weighted by atomic mass is 32.2. The third kappa shape index (κ3) is 8.09. The Balaban J connectivity index is 1.36. The molecular formula is C28H38N6O6SSi. The van der Waals surface area contributed by atoms with Crippen LogP contribution in [0.5, 0.6) is 0 Å². The summed E-state index contributed by atoms with van der Waals surface area (Å²) in [6, 6.07) is 12.7. The van der Waals surface area contributed by atoms with Crippen molar-refractivity contribution in [2.24, 2.45) is 0 Å². The van der Waals surface area contributed by atoms with Gasteiger partial charge in [0, 0.05) is 59.0 Å². The second-order valence-electron chi connectivity index (χ2n) is 11.0. The van der Waals surface area contributed by atoms with Crippen LogP contribution in [-0.2, 0) is 27.8 Å². The van der Waals surface area contributed by atoms with E-state index < -0.39 is 36.9 Å². The number of urea groups is 2. The average molecular weight is 615 g/mol. The van der Waals surface area contributed by atoms with E-state index in [1.165, 1.54) is 18.5 Å². The predicted molar refractivity (Wildman–Crippen MR) is 162 cm³/mol. The molecule has 4 rings (SSSR count). The summed E-state index contributed by atoms with van der Waals surface area (Å²) in [5.74, 6) is -1.17. The van der Waals surface area contributed by atoms with Gasteiger partial charge in [0.25, 0.3) is 10.0 Å². The van der Waals surface area contributed by atoms with E-state index in [1.54, 1.807) is 28.0 Å². The summed E-state index contributed by atoms with van der Waals surface area (Å²) in [5.41, 5.74) is 2.43. The maximum Gasteiger partial charge on any atom is 0.326 e. The quantitative estimate of drug-likeness (QED) is 0.367. The Kier molecular flexibility index (Phi) is 10.2. The number of carboxylic acids is 1. The third-order valence-corrected chi connectivity index (χ3v) is 10.8. The monoisotopic (exact) mass is 614 g/mol. The van der Waals surface area contributed by atoms with Crippen LogP contribution in [0.3, 0.4) is 0 Å². The van der Waals surface area contributed by atoms with Crippen LogP contribution < -0.4 is 10.6 Å². The van der Waals surface area contributed by atoms with E-state index >= 15 is 0 Å². The van der Waals surface area contributed by atoms with Crippen LogP contribution in [0.15, 0.2) is 60.9 Å².